The van der Waals surface area contributed by atoms with Gasteiger partial charge in [-0.3, -0.25) is 4.90 Å². The molecular formula is C13H28N2. The van der Waals surface area contributed by atoms with E-state index in [1.54, 1.807) is 0 Å². The number of nitrogens with one attached hydrogen (secondary N) is 1. The highest BCUT2D eigenvalue weighted by Gasteiger charge is 2.17. The fourth-order valence-electron chi connectivity index (χ4n) is 2.34. The number of unbranched alkanes of at least 4 members (excludes halogenated alkanes) is 2. The van der Waals surface area contributed by atoms with Crippen molar-refractivity contribution in [2.45, 2.75) is 65.0 Å². The van der Waals surface area contributed by atoms with Crippen LogP contribution in [0.4, 0.5) is 0 Å². The van der Waals surface area contributed by atoms with E-state index in [9.17, 15) is 0 Å². The summed E-state index contributed by atoms with van der Waals surface area (Å²) in [5.74, 6) is 0. The molecule has 1 rings (SSSR count). The van der Waals surface area contributed by atoms with Gasteiger partial charge in [0.15, 0.2) is 0 Å². The second-order valence-corrected chi connectivity index (χ2v) is 5.02. The van der Waals surface area contributed by atoms with Crippen LogP contribution < -0.4 is 5.32 Å². The van der Waals surface area contributed by atoms with Gasteiger partial charge in [-0.05, 0) is 33.2 Å². The number of hydrogen-bond donors (Lipinski definition) is 1. The van der Waals surface area contributed by atoms with E-state index in [-0.39, 0.29) is 0 Å². The van der Waals surface area contributed by atoms with E-state index in [2.05, 4.69) is 31.0 Å². The van der Waals surface area contributed by atoms with Crippen molar-refractivity contribution in [2.24, 2.45) is 0 Å². The topological polar surface area (TPSA) is 15.3 Å². The molecule has 0 aromatic heterocycles. The highest BCUT2D eigenvalue weighted by molar-refractivity contribution is 4.75. The van der Waals surface area contributed by atoms with Crippen LogP contribution in [0.5, 0.6) is 0 Å². The predicted molar refractivity (Wildman–Crippen MR) is 67.3 cm³/mol. The van der Waals surface area contributed by atoms with Crippen molar-refractivity contribution in [3.63, 3.8) is 0 Å². The molecule has 2 unspecified atom stereocenters. The molecule has 2 heteroatoms. The molecule has 2 atom stereocenters. The second-order valence-electron chi connectivity index (χ2n) is 5.02. The summed E-state index contributed by atoms with van der Waals surface area (Å²) < 4.78 is 0. The first kappa shape index (κ1) is 13.0. The number of hydrogen-bond acceptors (Lipinski definition) is 2. The van der Waals surface area contributed by atoms with E-state index in [0.717, 1.165) is 6.04 Å². The zero-order valence-corrected chi connectivity index (χ0v) is 10.8. The lowest BCUT2D eigenvalue weighted by atomic mass is 10.1. The molecule has 1 aliphatic heterocycles. The van der Waals surface area contributed by atoms with Crippen LogP contribution >= 0.6 is 0 Å². The number of nitrogens with zero attached hydrogens (tertiary/aromatic N) is 1. The summed E-state index contributed by atoms with van der Waals surface area (Å²) in [4.78, 5) is 2.66. The van der Waals surface area contributed by atoms with Crippen molar-refractivity contribution >= 4 is 0 Å². The standard InChI is InChI=1S/C13H28N2/c1-4-5-6-7-13(3)15-10-8-12(2)14-9-11-15/h12-14H,4-11H2,1-3H3. The summed E-state index contributed by atoms with van der Waals surface area (Å²) in [5, 5.41) is 3.55. The van der Waals surface area contributed by atoms with Crippen LogP contribution in [0.25, 0.3) is 0 Å². The average molecular weight is 212 g/mol. The van der Waals surface area contributed by atoms with Crippen molar-refractivity contribution < 1.29 is 0 Å². The molecule has 0 amide bonds. The third-order valence-electron chi connectivity index (χ3n) is 3.59. The molecule has 0 aromatic carbocycles. The summed E-state index contributed by atoms with van der Waals surface area (Å²) in [6.07, 6.45) is 6.82. The van der Waals surface area contributed by atoms with Crippen LogP contribution in [0, 0.1) is 0 Å². The SMILES string of the molecule is CCCCCC(C)N1CCNC(C)CC1. The van der Waals surface area contributed by atoms with Gasteiger partial charge in [0.1, 0.15) is 0 Å². The highest BCUT2D eigenvalue weighted by Crippen LogP contribution is 2.12. The molecule has 15 heavy (non-hydrogen) atoms. The van der Waals surface area contributed by atoms with Crippen LogP contribution in [0.15, 0.2) is 0 Å². The monoisotopic (exact) mass is 212 g/mol. The Balaban J connectivity index is 2.22. The fraction of sp³-hybridized carbons (Fsp3) is 1.00. The first-order valence-electron chi connectivity index (χ1n) is 6.71. The largest absolute Gasteiger partial charge is 0.313 e. The van der Waals surface area contributed by atoms with Crippen LogP contribution in [-0.4, -0.2) is 36.6 Å². The van der Waals surface area contributed by atoms with Gasteiger partial charge in [0.05, 0.1) is 0 Å². The van der Waals surface area contributed by atoms with Gasteiger partial charge < -0.3 is 5.32 Å². The molecule has 2 nitrogen and oxygen atoms in total. The molecule has 1 fully saturated rings. The highest BCUT2D eigenvalue weighted by atomic mass is 15.2. The number of rotatable bonds is 5. The fourth-order valence-corrected chi connectivity index (χ4v) is 2.34. The van der Waals surface area contributed by atoms with Gasteiger partial charge in [-0.25, -0.2) is 0 Å². The molecule has 90 valence electrons. The molecule has 0 bridgehead atoms. The summed E-state index contributed by atoms with van der Waals surface area (Å²) in [6, 6.07) is 1.49. The summed E-state index contributed by atoms with van der Waals surface area (Å²) in [6.45, 7) is 10.7. The van der Waals surface area contributed by atoms with Gasteiger partial charge in [0.2, 0.25) is 0 Å². The molecular weight excluding hydrogens is 184 g/mol. The Labute approximate surface area is 95.4 Å². The summed E-state index contributed by atoms with van der Waals surface area (Å²) >= 11 is 0. The van der Waals surface area contributed by atoms with E-state index in [0.29, 0.717) is 6.04 Å². The molecule has 1 aliphatic rings. The zero-order chi connectivity index (χ0) is 11.1. The summed E-state index contributed by atoms with van der Waals surface area (Å²) in [7, 11) is 0. The first-order valence-corrected chi connectivity index (χ1v) is 6.71. The Morgan fingerprint density at radius 1 is 1.33 bits per heavy atom. The smallest absolute Gasteiger partial charge is 0.0110 e. The average Bonchev–Trinajstić information content (AvgIpc) is 2.43. The molecule has 0 saturated carbocycles. The Bertz CT molecular complexity index is 159. The molecule has 0 radical (unpaired) electrons. The van der Waals surface area contributed by atoms with Crippen molar-refractivity contribution in [1.82, 2.24) is 10.2 Å². The minimum absolute atomic E-state index is 0.706. The lowest BCUT2D eigenvalue weighted by Crippen LogP contribution is -2.35. The third kappa shape index (κ3) is 4.98. The van der Waals surface area contributed by atoms with E-state index in [1.165, 1.54) is 51.7 Å². The lowest BCUT2D eigenvalue weighted by molar-refractivity contribution is 0.208. The van der Waals surface area contributed by atoms with Crippen molar-refractivity contribution in [1.29, 1.82) is 0 Å². The van der Waals surface area contributed by atoms with Crippen LogP contribution in [0.3, 0.4) is 0 Å². The van der Waals surface area contributed by atoms with Gasteiger partial charge in [0, 0.05) is 25.2 Å². The van der Waals surface area contributed by atoms with Gasteiger partial charge in [-0.1, -0.05) is 26.2 Å². The summed E-state index contributed by atoms with van der Waals surface area (Å²) in [5.41, 5.74) is 0. The van der Waals surface area contributed by atoms with E-state index in [4.69, 9.17) is 0 Å². The molecule has 0 aliphatic carbocycles. The lowest BCUT2D eigenvalue weighted by Gasteiger charge is -2.27. The molecule has 1 saturated heterocycles. The van der Waals surface area contributed by atoms with E-state index >= 15 is 0 Å². The first-order chi connectivity index (χ1) is 7.24. The minimum Gasteiger partial charge on any atom is -0.313 e. The zero-order valence-electron chi connectivity index (χ0n) is 10.8. The van der Waals surface area contributed by atoms with E-state index < -0.39 is 0 Å². The molecule has 1 heterocycles. The van der Waals surface area contributed by atoms with Crippen LogP contribution in [-0.2, 0) is 0 Å². The van der Waals surface area contributed by atoms with Gasteiger partial charge in [-0.2, -0.15) is 0 Å². The Morgan fingerprint density at radius 2 is 2.13 bits per heavy atom. The maximum absolute atomic E-state index is 3.55. The Morgan fingerprint density at radius 3 is 2.87 bits per heavy atom. The second kappa shape index (κ2) is 7.24. The Kier molecular flexibility index (Phi) is 6.26. The van der Waals surface area contributed by atoms with Crippen molar-refractivity contribution in [3.8, 4) is 0 Å². The van der Waals surface area contributed by atoms with Gasteiger partial charge in [-0.15, -0.1) is 0 Å². The third-order valence-corrected chi connectivity index (χ3v) is 3.59. The van der Waals surface area contributed by atoms with Crippen molar-refractivity contribution in [3.05, 3.63) is 0 Å². The van der Waals surface area contributed by atoms with Crippen LogP contribution in [0.2, 0.25) is 0 Å². The maximum Gasteiger partial charge on any atom is 0.0110 e. The molecule has 1 N–H and O–H groups in total. The quantitative estimate of drug-likeness (QED) is 0.705. The normalized spacial score (nSPS) is 26.2. The van der Waals surface area contributed by atoms with Gasteiger partial charge >= 0.3 is 0 Å². The predicted octanol–water partition coefficient (Wildman–Crippen LogP) is 2.64. The molecule has 0 aromatic rings. The van der Waals surface area contributed by atoms with Gasteiger partial charge in [0.25, 0.3) is 0 Å². The van der Waals surface area contributed by atoms with Crippen molar-refractivity contribution in [2.75, 3.05) is 19.6 Å². The maximum atomic E-state index is 3.55. The molecule has 0 spiro atoms. The van der Waals surface area contributed by atoms with Crippen LogP contribution in [0.1, 0.15) is 52.9 Å². The van der Waals surface area contributed by atoms with E-state index in [1.807, 2.05) is 0 Å². The Hall–Kier alpha value is -0.0800. The minimum atomic E-state index is 0.706.